The Morgan fingerprint density at radius 3 is 1.90 bits per heavy atom. The average Bonchev–Trinajstić information content (AvgIpc) is 3.57. The molecule has 0 N–H and O–H groups in total. The summed E-state index contributed by atoms with van der Waals surface area (Å²) in [5.41, 5.74) is 15.3. The Bertz CT molecular complexity index is 2380. The quantitative estimate of drug-likeness (QED) is 0.191. The highest BCUT2D eigenvalue weighted by Gasteiger charge is 2.36. The first-order valence-corrected chi connectivity index (χ1v) is 17.5. The van der Waals surface area contributed by atoms with Crippen molar-refractivity contribution in [3.05, 3.63) is 150 Å². The molecule has 8 rings (SSSR count). The van der Waals surface area contributed by atoms with E-state index in [1.54, 1.807) is 0 Å². The molecule has 0 unspecified atom stereocenters. The number of anilines is 3. The number of benzene rings is 6. The standard InChI is InChI=1S/C47H45NO/c1-45(2,3)31-27-38(46(4,5)6)43-42(28-31)49-41-24-16-23-40(44(41)43)48(39-22-15-13-19-33(39)30-17-10-9-11-18-30)32-25-26-35-34-20-12-14-21-36(34)47(7,8)37(35)29-32/h9-29H,1-8H3. The third-order valence-corrected chi connectivity index (χ3v) is 10.5. The zero-order valence-electron chi connectivity index (χ0n) is 30.0. The molecule has 2 nitrogen and oxygen atoms in total. The van der Waals surface area contributed by atoms with E-state index in [4.69, 9.17) is 4.42 Å². The van der Waals surface area contributed by atoms with Crippen LogP contribution in [0, 0.1) is 0 Å². The molecular weight excluding hydrogens is 595 g/mol. The number of nitrogens with zero attached hydrogens (tertiary/aromatic N) is 1. The largest absolute Gasteiger partial charge is 0.456 e. The SMILES string of the molecule is CC(C)(C)c1cc(C(C)(C)C)c2c(c1)oc1cccc(N(c3ccc4c(c3)C(C)(C)c3ccccc3-4)c3ccccc3-c3ccccc3)c12. The Kier molecular flexibility index (Phi) is 6.99. The zero-order chi connectivity index (χ0) is 34.3. The van der Waals surface area contributed by atoms with Crippen LogP contribution in [0.5, 0.6) is 0 Å². The lowest BCUT2D eigenvalue weighted by Crippen LogP contribution is -2.17. The summed E-state index contributed by atoms with van der Waals surface area (Å²) < 4.78 is 6.82. The van der Waals surface area contributed by atoms with Crippen LogP contribution in [-0.2, 0) is 16.2 Å². The van der Waals surface area contributed by atoms with Gasteiger partial charge in [-0.1, -0.05) is 146 Å². The predicted octanol–water partition coefficient (Wildman–Crippen LogP) is 13.6. The molecule has 1 aliphatic rings. The molecule has 0 saturated carbocycles. The molecule has 49 heavy (non-hydrogen) atoms. The van der Waals surface area contributed by atoms with Crippen LogP contribution in [0.25, 0.3) is 44.2 Å². The van der Waals surface area contributed by atoms with E-state index in [1.807, 2.05) is 0 Å². The van der Waals surface area contributed by atoms with E-state index in [2.05, 4.69) is 188 Å². The molecular formula is C47H45NO. The van der Waals surface area contributed by atoms with Crippen molar-refractivity contribution in [3.8, 4) is 22.3 Å². The first-order valence-electron chi connectivity index (χ1n) is 17.5. The predicted molar refractivity (Wildman–Crippen MR) is 209 cm³/mol. The second kappa shape index (κ2) is 11.0. The molecule has 1 aliphatic carbocycles. The van der Waals surface area contributed by atoms with E-state index in [0.29, 0.717) is 0 Å². The molecule has 0 radical (unpaired) electrons. The summed E-state index contributed by atoms with van der Waals surface area (Å²) in [5, 5.41) is 2.34. The van der Waals surface area contributed by atoms with E-state index in [-0.39, 0.29) is 16.2 Å². The Labute approximate surface area is 291 Å². The fourth-order valence-corrected chi connectivity index (χ4v) is 7.91. The average molecular weight is 640 g/mol. The third-order valence-electron chi connectivity index (χ3n) is 10.5. The van der Waals surface area contributed by atoms with Crippen LogP contribution < -0.4 is 4.90 Å². The smallest absolute Gasteiger partial charge is 0.137 e. The molecule has 0 bridgehead atoms. The van der Waals surface area contributed by atoms with Gasteiger partial charge in [-0.25, -0.2) is 0 Å². The van der Waals surface area contributed by atoms with Gasteiger partial charge in [0.05, 0.1) is 16.8 Å². The van der Waals surface area contributed by atoms with Crippen LogP contribution >= 0.6 is 0 Å². The zero-order valence-corrected chi connectivity index (χ0v) is 30.0. The van der Waals surface area contributed by atoms with Crippen molar-refractivity contribution in [2.75, 3.05) is 4.90 Å². The first kappa shape index (κ1) is 31.2. The minimum absolute atomic E-state index is 0.00848. The maximum atomic E-state index is 6.82. The molecule has 0 fully saturated rings. The highest BCUT2D eigenvalue weighted by molar-refractivity contribution is 6.15. The van der Waals surface area contributed by atoms with Crippen molar-refractivity contribution in [1.29, 1.82) is 0 Å². The lowest BCUT2D eigenvalue weighted by atomic mass is 9.78. The number of hydrogen-bond acceptors (Lipinski definition) is 2. The second-order valence-electron chi connectivity index (χ2n) is 16.3. The van der Waals surface area contributed by atoms with Gasteiger partial charge < -0.3 is 9.32 Å². The Morgan fingerprint density at radius 1 is 0.510 bits per heavy atom. The highest BCUT2D eigenvalue weighted by Crippen LogP contribution is 2.53. The molecule has 0 saturated heterocycles. The van der Waals surface area contributed by atoms with E-state index >= 15 is 0 Å². The number of fused-ring (bicyclic) bond motifs is 6. The van der Waals surface area contributed by atoms with Crippen LogP contribution in [0.4, 0.5) is 17.1 Å². The van der Waals surface area contributed by atoms with E-state index in [1.165, 1.54) is 49.9 Å². The fraction of sp³-hybridized carbons (Fsp3) is 0.234. The molecule has 0 atom stereocenters. The van der Waals surface area contributed by atoms with Crippen molar-refractivity contribution >= 4 is 39.0 Å². The van der Waals surface area contributed by atoms with Gasteiger partial charge in [0.15, 0.2) is 0 Å². The number of furan rings is 1. The van der Waals surface area contributed by atoms with Gasteiger partial charge >= 0.3 is 0 Å². The van der Waals surface area contributed by atoms with Gasteiger partial charge in [0.1, 0.15) is 11.2 Å². The highest BCUT2D eigenvalue weighted by atomic mass is 16.3. The minimum atomic E-state index is -0.121. The third kappa shape index (κ3) is 5.00. The fourth-order valence-electron chi connectivity index (χ4n) is 7.91. The van der Waals surface area contributed by atoms with E-state index < -0.39 is 0 Å². The molecule has 1 heterocycles. The first-order chi connectivity index (χ1) is 23.3. The maximum absolute atomic E-state index is 6.82. The summed E-state index contributed by atoms with van der Waals surface area (Å²) in [4.78, 5) is 2.48. The van der Waals surface area contributed by atoms with Crippen LogP contribution in [0.1, 0.15) is 77.6 Å². The Morgan fingerprint density at radius 2 is 1.16 bits per heavy atom. The molecule has 1 aromatic heterocycles. The van der Waals surface area contributed by atoms with Crippen molar-refractivity contribution < 1.29 is 4.42 Å². The van der Waals surface area contributed by atoms with Crippen LogP contribution in [-0.4, -0.2) is 0 Å². The number of para-hydroxylation sites is 1. The van der Waals surface area contributed by atoms with Crippen molar-refractivity contribution in [2.24, 2.45) is 0 Å². The van der Waals surface area contributed by atoms with Gasteiger partial charge in [0, 0.05) is 22.1 Å². The molecule has 6 aromatic carbocycles. The monoisotopic (exact) mass is 639 g/mol. The summed E-state index contributed by atoms with van der Waals surface area (Å²) >= 11 is 0. The molecule has 2 heteroatoms. The molecule has 0 amide bonds. The van der Waals surface area contributed by atoms with Crippen LogP contribution in [0.15, 0.2) is 132 Å². The molecule has 244 valence electrons. The molecule has 0 aliphatic heterocycles. The lowest BCUT2D eigenvalue weighted by Gasteiger charge is -2.31. The van der Waals surface area contributed by atoms with Gasteiger partial charge in [-0.05, 0) is 86.2 Å². The van der Waals surface area contributed by atoms with Gasteiger partial charge in [-0.2, -0.15) is 0 Å². The normalized spacial score (nSPS) is 13.9. The summed E-state index contributed by atoms with van der Waals surface area (Å²) in [7, 11) is 0. The minimum Gasteiger partial charge on any atom is -0.456 e. The molecule has 7 aromatic rings. The Balaban J connectivity index is 1.47. The number of rotatable bonds is 4. The van der Waals surface area contributed by atoms with Crippen LogP contribution in [0.2, 0.25) is 0 Å². The van der Waals surface area contributed by atoms with Gasteiger partial charge in [0.2, 0.25) is 0 Å². The summed E-state index contributed by atoms with van der Waals surface area (Å²) in [6.45, 7) is 18.5. The van der Waals surface area contributed by atoms with Crippen LogP contribution in [0.3, 0.4) is 0 Å². The van der Waals surface area contributed by atoms with E-state index in [0.717, 1.165) is 33.6 Å². The summed E-state index contributed by atoms with van der Waals surface area (Å²) in [5.74, 6) is 0. The lowest BCUT2D eigenvalue weighted by molar-refractivity contribution is 0.569. The second-order valence-corrected chi connectivity index (χ2v) is 16.3. The Hall–Kier alpha value is -5.08. The summed E-state index contributed by atoms with van der Waals surface area (Å²) in [6.07, 6.45) is 0. The molecule has 0 spiro atoms. The topological polar surface area (TPSA) is 16.4 Å². The van der Waals surface area contributed by atoms with Gasteiger partial charge in [-0.15, -0.1) is 0 Å². The number of hydrogen-bond donors (Lipinski definition) is 0. The van der Waals surface area contributed by atoms with Gasteiger partial charge in [-0.3, -0.25) is 0 Å². The summed E-state index contributed by atoms with van der Waals surface area (Å²) in [6, 6.07) is 46.7. The van der Waals surface area contributed by atoms with Crippen molar-refractivity contribution in [1.82, 2.24) is 0 Å². The van der Waals surface area contributed by atoms with Gasteiger partial charge in [0.25, 0.3) is 0 Å². The van der Waals surface area contributed by atoms with E-state index in [9.17, 15) is 0 Å². The maximum Gasteiger partial charge on any atom is 0.137 e. The van der Waals surface area contributed by atoms with Crippen molar-refractivity contribution in [3.63, 3.8) is 0 Å². The van der Waals surface area contributed by atoms with Crippen molar-refractivity contribution in [2.45, 2.75) is 71.6 Å².